The minimum Gasteiger partial charge on any atom is -0.368 e. The van der Waals surface area contributed by atoms with Crippen molar-refractivity contribution in [3.05, 3.63) is 70.3 Å². The number of benzene rings is 2. The fourth-order valence-corrected chi connectivity index (χ4v) is 3.27. The van der Waals surface area contributed by atoms with E-state index in [0.29, 0.717) is 23.7 Å². The molecule has 0 unspecified atom stereocenters. The second-order valence-corrected chi connectivity index (χ2v) is 7.16. The summed E-state index contributed by atoms with van der Waals surface area (Å²) in [5, 5.41) is 0.703. The number of carbonyl (C=O) groups is 2. The van der Waals surface area contributed by atoms with Crippen LogP contribution in [-0.2, 0) is 4.79 Å². The van der Waals surface area contributed by atoms with E-state index in [1.807, 2.05) is 54.3 Å². The molecule has 5 heteroatoms. The van der Waals surface area contributed by atoms with Crippen LogP contribution in [0.4, 0.5) is 5.69 Å². The Kier molecular flexibility index (Phi) is 5.97. The number of piperazine rings is 1. The van der Waals surface area contributed by atoms with Crippen LogP contribution < -0.4 is 4.90 Å². The first-order valence-electron chi connectivity index (χ1n) is 9.03. The molecule has 0 saturated carbocycles. The molecule has 0 bridgehead atoms. The van der Waals surface area contributed by atoms with Crippen LogP contribution in [0.3, 0.4) is 0 Å². The van der Waals surface area contributed by atoms with E-state index in [4.69, 9.17) is 11.6 Å². The maximum Gasteiger partial charge on any atom is 0.246 e. The molecule has 1 amide bonds. The highest BCUT2D eigenvalue weighted by Gasteiger charge is 2.19. The van der Waals surface area contributed by atoms with E-state index >= 15 is 0 Å². The molecule has 0 aromatic heterocycles. The lowest BCUT2D eigenvalue weighted by Gasteiger charge is -2.35. The van der Waals surface area contributed by atoms with Crippen LogP contribution in [0, 0.1) is 6.92 Å². The Morgan fingerprint density at radius 1 is 1.00 bits per heavy atom. The first kappa shape index (κ1) is 19.2. The minimum atomic E-state index is 0.0123. The van der Waals surface area contributed by atoms with Gasteiger partial charge in [-0.15, -0.1) is 0 Å². The SMILES string of the molecule is CC(=O)c1ccc(N2CCN(C(=O)/C=C/c3ccc(C)c(Cl)c3)CC2)cc1. The molecule has 0 spiro atoms. The van der Waals surface area contributed by atoms with Gasteiger partial charge in [0.2, 0.25) is 5.91 Å². The van der Waals surface area contributed by atoms with Crippen molar-refractivity contribution < 1.29 is 9.59 Å². The molecular formula is C22H23ClN2O2. The second kappa shape index (κ2) is 8.40. The summed E-state index contributed by atoms with van der Waals surface area (Å²) in [5.74, 6) is 0.0805. The number of halogens is 1. The molecule has 1 aliphatic rings. The average molecular weight is 383 g/mol. The zero-order chi connectivity index (χ0) is 19.4. The average Bonchev–Trinajstić information content (AvgIpc) is 2.69. The Hall–Kier alpha value is -2.59. The zero-order valence-electron chi connectivity index (χ0n) is 15.6. The van der Waals surface area contributed by atoms with Crippen molar-refractivity contribution in [3.8, 4) is 0 Å². The highest BCUT2D eigenvalue weighted by molar-refractivity contribution is 6.31. The van der Waals surface area contributed by atoms with E-state index < -0.39 is 0 Å². The van der Waals surface area contributed by atoms with E-state index in [-0.39, 0.29) is 11.7 Å². The number of hydrogen-bond acceptors (Lipinski definition) is 3. The molecule has 0 N–H and O–H groups in total. The Balaban J connectivity index is 1.56. The van der Waals surface area contributed by atoms with Crippen molar-refractivity contribution >= 4 is 35.1 Å². The molecule has 0 atom stereocenters. The summed E-state index contributed by atoms with van der Waals surface area (Å²) in [5.41, 5.74) is 3.74. The predicted molar refractivity (Wildman–Crippen MR) is 110 cm³/mol. The van der Waals surface area contributed by atoms with Gasteiger partial charge in [-0.1, -0.05) is 23.7 Å². The van der Waals surface area contributed by atoms with Crippen molar-refractivity contribution in [1.29, 1.82) is 0 Å². The fourth-order valence-electron chi connectivity index (χ4n) is 3.08. The largest absolute Gasteiger partial charge is 0.368 e. The molecular weight excluding hydrogens is 360 g/mol. The zero-order valence-corrected chi connectivity index (χ0v) is 16.4. The van der Waals surface area contributed by atoms with Gasteiger partial charge in [0.15, 0.2) is 5.78 Å². The Labute approximate surface area is 165 Å². The molecule has 3 rings (SSSR count). The van der Waals surface area contributed by atoms with Crippen molar-refractivity contribution in [3.63, 3.8) is 0 Å². The van der Waals surface area contributed by atoms with Crippen molar-refractivity contribution in [2.75, 3.05) is 31.1 Å². The first-order chi connectivity index (χ1) is 12.9. The highest BCUT2D eigenvalue weighted by Crippen LogP contribution is 2.19. The maximum atomic E-state index is 12.4. The summed E-state index contributed by atoms with van der Waals surface area (Å²) >= 11 is 6.13. The summed E-state index contributed by atoms with van der Waals surface area (Å²) in [6.45, 7) is 6.41. The number of carbonyl (C=O) groups excluding carboxylic acids is 2. The number of ketones is 1. The lowest BCUT2D eigenvalue weighted by Crippen LogP contribution is -2.48. The molecule has 140 valence electrons. The fraction of sp³-hybridized carbons (Fsp3) is 0.273. The van der Waals surface area contributed by atoms with Crippen LogP contribution in [0.15, 0.2) is 48.5 Å². The second-order valence-electron chi connectivity index (χ2n) is 6.76. The number of aryl methyl sites for hydroxylation is 1. The molecule has 0 aliphatic carbocycles. The van der Waals surface area contributed by atoms with Gasteiger partial charge in [0.25, 0.3) is 0 Å². The molecule has 1 aliphatic heterocycles. The molecule has 1 heterocycles. The highest BCUT2D eigenvalue weighted by atomic mass is 35.5. The quantitative estimate of drug-likeness (QED) is 0.587. The summed E-state index contributed by atoms with van der Waals surface area (Å²) in [6.07, 6.45) is 3.42. The monoisotopic (exact) mass is 382 g/mol. The number of Topliss-reactive ketones (excluding diaryl/α,β-unsaturated/α-hetero) is 1. The van der Waals surface area contributed by atoms with Crippen molar-refractivity contribution in [2.45, 2.75) is 13.8 Å². The lowest BCUT2D eigenvalue weighted by atomic mass is 10.1. The van der Waals surface area contributed by atoms with E-state index in [1.165, 1.54) is 0 Å². The third-order valence-corrected chi connectivity index (χ3v) is 5.25. The number of anilines is 1. The van der Waals surface area contributed by atoms with Gasteiger partial charge in [-0.3, -0.25) is 9.59 Å². The van der Waals surface area contributed by atoms with E-state index in [2.05, 4.69) is 4.90 Å². The minimum absolute atomic E-state index is 0.0123. The predicted octanol–water partition coefficient (Wildman–Crippen LogP) is 4.21. The number of rotatable bonds is 4. The number of amides is 1. The summed E-state index contributed by atoms with van der Waals surface area (Å²) in [7, 11) is 0. The maximum absolute atomic E-state index is 12.4. The van der Waals surface area contributed by atoms with Gasteiger partial charge >= 0.3 is 0 Å². The summed E-state index contributed by atoms with van der Waals surface area (Å²) in [4.78, 5) is 27.9. The third-order valence-electron chi connectivity index (χ3n) is 4.84. The molecule has 4 nitrogen and oxygen atoms in total. The van der Waals surface area contributed by atoms with Gasteiger partial charge in [0, 0.05) is 48.5 Å². The van der Waals surface area contributed by atoms with Gasteiger partial charge in [-0.2, -0.15) is 0 Å². The van der Waals surface area contributed by atoms with Crippen LogP contribution in [0.25, 0.3) is 6.08 Å². The standard InChI is InChI=1S/C22H23ClN2O2/c1-16-3-4-18(15-21(16)23)5-10-22(27)25-13-11-24(12-14-25)20-8-6-19(7-9-20)17(2)26/h3-10,15H,11-14H2,1-2H3/b10-5+. The number of nitrogens with zero attached hydrogens (tertiary/aromatic N) is 2. The molecule has 2 aromatic rings. The van der Waals surface area contributed by atoms with Crippen molar-refractivity contribution in [1.82, 2.24) is 4.90 Å². The normalized spacial score (nSPS) is 14.6. The van der Waals surface area contributed by atoms with E-state index in [0.717, 1.165) is 29.9 Å². The van der Waals surface area contributed by atoms with Crippen LogP contribution in [0.2, 0.25) is 5.02 Å². The van der Waals surface area contributed by atoms with Gasteiger partial charge < -0.3 is 9.80 Å². The molecule has 1 saturated heterocycles. The lowest BCUT2D eigenvalue weighted by molar-refractivity contribution is -0.126. The molecule has 0 radical (unpaired) electrons. The van der Waals surface area contributed by atoms with E-state index in [1.54, 1.807) is 19.1 Å². The Bertz CT molecular complexity index is 866. The Morgan fingerprint density at radius 2 is 1.67 bits per heavy atom. The smallest absolute Gasteiger partial charge is 0.246 e. The van der Waals surface area contributed by atoms with Crippen LogP contribution >= 0.6 is 11.6 Å². The van der Waals surface area contributed by atoms with Gasteiger partial charge in [-0.05, 0) is 61.4 Å². The van der Waals surface area contributed by atoms with Gasteiger partial charge in [0.05, 0.1) is 0 Å². The number of hydrogen-bond donors (Lipinski definition) is 0. The summed E-state index contributed by atoms with van der Waals surface area (Å²) < 4.78 is 0. The molecule has 2 aromatic carbocycles. The Morgan fingerprint density at radius 3 is 2.26 bits per heavy atom. The molecule has 27 heavy (non-hydrogen) atoms. The van der Waals surface area contributed by atoms with Gasteiger partial charge in [0.1, 0.15) is 0 Å². The first-order valence-corrected chi connectivity index (χ1v) is 9.41. The van der Waals surface area contributed by atoms with Crippen molar-refractivity contribution in [2.24, 2.45) is 0 Å². The third kappa shape index (κ3) is 4.77. The summed E-state index contributed by atoms with van der Waals surface area (Å²) in [6, 6.07) is 13.4. The van der Waals surface area contributed by atoms with Crippen LogP contribution in [0.5, 0.6) is 0 Å². The van der Waals surface area contributed by atoms with Gasteiger partial charge in [-0.25, -0.2) is 0 Å². The molecule has 1 fully saturated rings. The van der Waals surface area contributed by atoms with Crippen LogP contribution in [-0.4, -0.2) is 42.8 Å². The van der Waals surface area contributed by atoms with Crippen LogP contribution in [0.1, 0.15) is 28.4 Å². The topological polar surface area (TPSA) is 40.6 Å². The van der Waals surface area contributed by atoms with E-state index in [9.17, 15) is 9.59 Å².